The monoisotopic (exact) mass is 364 g/mol. The van der Waals surface area contributed by atoms with Crippen LogP contribution in [-0.4, -0.2) is 31.1 Å². The van der Waals surface area contributed by atoms with Gasteiger partial charge in [0.05, 0.1) is 0 Å². The largest absolute Gasteiger partial charge is 0.354 e. The van der Waals surface area contributed by atoms with E-state index in [9.17, 15) is 4.79 Å². The third-order valence-electron chi connectivity index (χ3n) is 5.91. The van der Waals surface area contributed by atoms with Crippen molar-refractivity contribution in [2.45, 2.75) is 56.7 Å². The first-order chi connectivity index (χ1) is 11.8. The number of amides is 1. The van der Waals surface area contributed by atoms with Gasteiger partial charge in [-0.25, -0.2) is 0 Å². The molecule has 4 atom stereocenters. The van der Waals surface area contributed by atoms with Gasteiger partial charge in [-0.15, -0.1) is 12.4 Å². The molecule has 2 fully saturated rings. The van der Waals surface area contributed by atoms with Gasteiger partial charge in [-0.3, -0.25) is 15.6 Å². The Morgan fingerprint density at radius 2 is 2.00 bits per heavy atom. The summed E-state index contributed by atoms with van der Waals surface area (Å²) in [5.74, 6) is 0.767. The molecule has 0 spiro atoms. The summed E-state index contributed by atoms with van der Waals surface area (Å²) in [4.78, 5) is 12.4. The van der Waals surface area contributed by atoms with E-state index in [1.807, 2.05) is 0 Å². The summed E-state index contributed by atoms with van der Waals surface area (Å²) < 4.78 is 0. The first-order valence-electron chi connectivity index (χ1n) is 9.40. The normalized spacial score (nSPS) is 30.7. The van der Waals surface area contributed by atoms with Crippen molar-refractivity contribution in [1.29, 1.82) is 0 Å². The zero-order valence-corrected chi connectivity index (χ0v) is 15.4. The fourth-order valence-electron chi connectivity index (χ4n) is 4.61. The van der Waals surface area contributed by atoms with Crippen LogP contribution >= 0.6 is 12.4 Å². The van der Waals surface area contributed by atoms with Crippen LogP contribution in [0.2, 0.25) is 0 Å². The van der Waals surface area contributed by atoms with Gasteiger partial charge in [0, 0.05) is 31.1 Å². The minimum Gasteiger partial charge on any atom is -0.354 e. The van der Waals surface area contributed by atoms with Crippen molar-refractivity contribution < 1.29 is 4.79 Å². The summed E-state index contributed by atoms with van der Waals surface area (Å²) in [6.07, 6.45) is 6.72. The molecule has 4 rings (SSSR count). The highest BCUT2D eigenvalue weighted by atomic mass is 35.5. The molecule has 4 unspecified atom stereocenters. The molecule has 1 amide bonds. The number of rotatable bonds is 4. The highest BCUT2D eigenvalue weighted by Gasteiger charge is 2.38. The molecule has 1 aliphatic carbocycles. The standard InChI is InChI=1S/C19H28N4O.ClH/c24-19(11-17-15-7-3-4-8-16(15)22-23-17)21-12-18-14-6-2-1-5-13(14)9-10-20-18;/h1-2,5-6,15-18,20,22-23H,3-4,7-12H2,(H,21,24);1H. The molecular formula is C19H29ClN4O. The fourth-order valence-corrected chi connectivity index (χ4v) is 4.61. The average Bonchev–Trinajstić information content (AvgIpc) is 3.03. The van der Waals surface area contributed by atoms with E-state index in [0.29, 0.717) is 24.9 Å². The Morgan fingerprint density at radius 1 is 1.16 bits per heavy atom. The summed E-state index contributed by atoms with van der Waals surface area (Å²) in [6.45, 7) is 1.65. The predicted molar refractivity (Wildman–Crippen MR) is 102 cm³/mol. The molecule has 138 valence electrons. The van der Waals surface area contributed by atoms with E-state index in [1.54, 1.807) is 0 Å². The SMILES string of the molecule is Cl.O=C(CC1NNC2CCCCC21)NCC1NCCc2ccccc21. The number of fused-ring (bicyclic) bond motifs is 2. The van der Waals surface area contributed by atoms with Crippen LogP contribution in [0, 0.1) is 5.92 Å². The van der Waals surface area contributed by atoms with E-state index < -0.39 is 0 Å². The third-order valence-corrected chi connectivity index (χ3v) is 5.91. The highest BCUT2D eigenvalue weighted by Crippen LogP contribution is 2.31. The molecule has 0 aromatic heterocycles. The van der Waals surface area contributed by atoms with Gasteiger partial charge in [-0.1, -0.05) is 37.1 Å². The van der Waals surface area contributed by atoms with E-state index in [1.165, 1.54) is 36.8 Å². The Labute approximate surface area is 156 Å². The van der Waals surface area contributed by atoms with Crippen LogP contribution in [0.15, 0.2) is 24.3 Å². The number of hydrazine groups is 1. The molecular weight excluding hydrogens is 336 g/mol. The number of hydrogen-bond acceptors (Lipinski definition) is 4. The molecule has 0 bridgehead atoms. The molecule has 0 radical (unpaired) electrons. The lowest BCUT2D eigenvalue weighted by molar-refractivity contribution is -0.121. The van der Waals surface area contributed by atoms with E-state index >= 15 is 0 Å². The van der Waals surface area contributed by atoms with Crippen LogP contribution in [0.5, 0.6) is 0 Å². The molecule has 1 aromatic carbocycles. The third kappa shape index (κ3) is 4.17. The van der Waals surface area contributed by atoms with Crippen molar-refractivity contribution in [3.05, 3.63) is 35.4 Å². The van der Waals surface area contributed by atoms with Crippen LogP contribution in [-0.2, 0) is 11.2 Å². The molecule has 3 aliphatic rings. The smallest absolute Gasteiger partial charge is 0.221 e. The van der Waals surface area contributed by atoms with E-state index in [4.69, 9.17) is 0 Å². The number of nitrogens with one attached hydrogen (secondary N) is 4. The van der Waals surface area contributed by atoms with Gasteiger partial charge in [-0.05, 0) is 42.9 Å². The number of benzene rings is 1. The van der Waals surface area contributed by atoms with Crippen LogP contribution in [0.1, 0.15) is 49.3 Å². The molecule has 1 saturated carbocycles. The van der Waals surface area contributed by atoms with Gasteiger partial charge in [0.15, 0.2) is 0 Å². The quantitative estimate of drug-likeness (QED) is 0.658. The Balaban J connectivity index is 0.00000182. The fraction of sp³-hybridized carbons (Fsp3) is 0.632. The molecule has 4 N–H and O–H groups in total. The summed E-state index contributed by atoms with van der Waals surface area (Å²) in [6, 6.07) is 9.62. The molecule has 2 aliphatic heterocycles. The van der Waals surface area contributed by atoms with E-state index in [-0.39, 0.29) is 30.4 Å². The first kappa shape index (κ1) is 18.6. The minimum absolute atomic E-state index is 0. The van der Waals surface area contributed by atoms with Crippen LogP contribution < -0.4 is 21.5 Å². The summed E-state index contributed by atoms with van der Waals surface area (Å²) in [7, 11) is 0. The minimum atomic E-state index is 0. The number of halogens is 1. The van der Waals surface area contributed by atoms with Crippen molar-refractivity contribution in [2.24, 2.45) is 5.92 Å². The molecule has 6 heteroatoms. The van der Waals surface area contributed by atoms with Crippen molar-refractivity contribution >= 4 is 18.3 Å². The van der Waals surface area contributed by atoms with Gasteiger partial charge in [-0.2, -0.15) is 0 Å². The second-order valence-electron chi connectivity index (χ2n) is 7.41. The van der Waals surface area contributed by atoms with Crippen LogP contribution in [0.25, 0.3) is 0 Å². The van der Waals surface area contributed by atoms with Crippen LogP contribution in [0.4, 0.5) is 0 Å². The summed E-state index contributed by atoms with van der Waals surface area (Å²) >= 11 is 0. The molecule has 2 heterocycles. The van der Waals surface area contributed by atoms with E-state index in [0.717, 1.165) is 13.0 Å². The first-order valence-corrected chi connectivity index (χ1v) is 9.40. The van der Waals surface area contributed by atoms with Crippen molar-refractivity contribution in [2.75, 3.05) is 13.1 Å². The summed E-state index contributed by atoms with van der Waals surface area (Å²) in [5, 5.41) is 6.67. The van der Waals surface area contributed by atoms with Crippen molar-refractivity contribution in [1.82, 2.24) is 21.5 Å². The second kappa shape index (κ2) is 8.49. The second-order valence-corrected chi connectivity index (χ2v) is 7.41. The van der Waals surface area contributed by atoms with Crippen LogP contribution in [0.3, 0.4) is 0 Å². The topological polar surface area (TPSA) is 65.2 Å². The molecule has 25 heavy (non-hydrogen) atoms. The molecule has 1 saturated heterocycles. The zero-order valence-electron chi connectivity index (χ0n) is 14.6. The van der Waals surface area contributed by atoms with Gasteiger partial charge >= 0.3 is 0 Å². The number of carbonyl (C=O) groups is 1. The van der Waals surface area contributed by atoms with Gasteiger partial charge in [0.1, 0.15) is 0 Å². The maximum absolute atomic E-state index is 12.4. The van der Waals surface area contributed by atoms with Crippen molar-refractivity contribution in [3.63, 3.8) is 0 Å². The lowest BCUT2D eigenvalue weighted by Gasteiger charge is -2.28. The number of carbonyl (C=O) groups excluding carboxylic acids is 1. The number of hydrogen-bond donors (Lipinski definition) is 4. The van der Waals surface area contributed by atoms with E-state index in [2.05, 4.69) is 45.8 Å². The Hall–Kier alpha value is -1.14. The molecule has 5 nitrogen and oxygen atoms in total. The van der Waals surface area contributed by atoms with Crippen molar-refractivity contribution in [3.8, 4) is 0 Å². The maximum Gasteiger partial charge on any atom is 0.221 e. The zero-order chi connectivity index (χ0) is 16.4. The Bertz CT molecular complexity index is 597. The highest BCUT2D eigenvalue weighted by molar-refractivity contribution is 5.85. The van der Waals surface area contributed by atoms with Gasteiger partial charge in [0.2, 0.25) is 5.91 Å². The Morgan fingerprint density at radius 3 is 2.92 bits per heavy atom. The summed E-state index contributed by atoms with van der Waals surface area (Å²) in [5.41, 5.74) is 9.48. The van der Waals surface area contributed by atoms with Gasteiger partial charge in [0.25, 0.3) is 0 Å². The average molecular weight is 365 g/mol. The maximum atomic E-state index is 12.4. The predicted octanol–water partition coefficient (Wildman–Crippen LogP) is 1.84. The lowest BCUT2D eigenvalue weighted by atomic mass is 9.81. The lowest BCUT2D eigenvalue weighted by Crippen LogP contribution is -2.41. The molecule has 1 aromatic rings. The van der Waals surface area contributed by atoms with Gasteiger partial charge < -0.3 is 10.6 Å². The Kier molecular flexibility index (Phi) is 6.34.